The van der Waals surface area contributed by atoms with Gasteiger partial charge in [0.25, 0.3) is 5.91 Å². The van der Waals surface area contributed by atoms with E-state index in [1.54, 1.807) is 19.1 Å². The molecule has 27 heavy (non-hydrogen) atoms. The van der Waals surface area contributed by atoms with E-state index in [9.17, 15) is 9.18 Å². The third-order valence-corrected chi connectivity index (χ3v) is 5.34. The highest BCUT2D eigenvalue weighted by Crippen LogP contribution is 2.30. The van der Waals surface area contributed by atoms with Gasteiger partial charge in [0.15, 0.2) is 0 Å². The number of carbonyl (C=O) groups is 1. The van der Waals surface area contributed by atoms with Gasteiger partial charge in [-0.25, -0.2) is 9.37 Å². The van der Waals surface area contributed by atoms with Crippen molar-refractivity contribution in [3.8, 4) is 0 Å². The van der Waals surface area contributed by atoms with E-state index in [1.165, 1.54) is 6.07 Å². The highest BCUT2D eigenvalue weighted by molar-refractivity contribution is 6.03. The molecule has 0 radical (unpaired) electrons. The number of hydrogen-bond acceptors (Lipinski definition) is 5. The number of fused-ring (bicyclic) bond motifs is 1. The molecule has 0 spiro atoms. The van der Waals surface area contributed by atoms with Crippen molar-refractivity contribution < 1.29 is 9.18 Å². The minimum atomic E-state index is -0.266. The van der Waals surface area contributed by atoms with Crippen LogP contribution in [0.3, 0.4) is 0 Å². The molecule has 2 aromatic rings. The van der Waals surface area contributed by atoms with E-state index < -0.39 is 0 Å². The zero-order valence-electron chi connectivity index (χ0n) is 15.3. The molecular weight excluding hydrogens is 345 g/mol. The third kappa shape index (κ3) is 3.60. The maximum atomic E-state index is 13.6. The molecular formula is C20H24FN5O. The summed E-state index contributed by atoms with van der Waals surface area (Å²) in [6.45, 7) is 2.17. The molecule has 1 fully saturated rings. The summed E-state index contributed by atoms with van der Waals surface area (Å²) in [5.41, 5.74) is 8.90. The van der Waals surface area contributed by atoms with Crippen molar-refractivity contribution in [2.45, 2.75) is 51.2 Å². The summed E-state index contributed by atoms with van der Waals surface area (Å²) in [5.74, 6) is 0.757. The second-order valence-electron chi connectivity index (χ2n) is 7.36. The molecule has 1 aromatic carbocycles. The van der Waals surface area contributed by atoms with Gasteiger partial charge in [-0.1, -0.05) is 12.8 Å². The Kier molecular flexibility index (Phi) is 4.70. The first-order valence-electron chi connectivity index (χ1n) is 9.38. The number of aromatic nitrogens is 1. The Hall–Kier alpha value is -2.67. The average molecular weight is 369 g/mol. The maximum absolute atomic E-state index is 13.6. The lowest BCUT2D eigenvalue weighted by molar-refractivity contribution is 0.0966. The Labute approximate surface area is 157 Å². The first kappa shape index (κ1) is 17.7. The van der Waals surface area contributed by atoms with Gasteiger partial charge in [-0.3, -0.25) is 4.79 Å². The molecule has 4 rings (SSSR count). The molecule has 0 bridgehead atoms. The maximum Gasteiger partial charge on any atom is 0.255 e. The molecule has 2 atom stereocenters. The van der Waals surface area contributed by atoms with Gasteiger partial charge in [-0.2, -0.15) is 0 Å². The molecule has 1 aliphatic carbocycles. The van der Waals surface area contributed by atoms with Crippen LogP contribution >= 0.6 is 0 Å². The van der Waals surface area contributed by atoms with Crippen LogP contribution in [0.2, 0.25) is 0 Å². The molecule has 142 valence electrons. The predicted octanol–water partition coefficient (Wildman–Crippen LogP) is 3.20. The van der Waals surface area contributed by atoms with E-state index in [-0.39, 0.29) is 23.8 Å². The van der Waals surface area contributed by atoms with Crippen molar-refractivity contribution in [2.24, 2.45) is 5.73 Å². The van der Waals surface area contributed by atoms with Crippen LogP contribution in [0.15, 0.2) is 24.3 Å². The number of rotatable bonds is 4. The SMILES string of the molecule is Cc1cc(Nc2nc(NC3CCCC[C@@H]3N)cc3c2C(=O)NC3)ccc1F. The predicted molar refractivity (Wildman–Crippen MR) is 104 cm³/mol. The molecule has 5 N–H and O–H groups in total. The van der Waals surface area contributed by atoms with Gasteiger partial charge in [-0.15, -0.1) is 0 Å². The van der Waals surface area contributed by atoms with Gasteiger partial charge in [-0.05, 0) is 55.2 Å². The summed E-state index contributed by atoms with van der Waals surface area (Å²) in [6, 6.07) is 6.94. The molecule has 1 unspecified atom stereocenters. The average Bonchev–Trinajstić information content (AvgIpc) is 3.01. The fourth-order valence-electron chi connectivity index (χ4n) is 3.81. The molecule has 1 saturated carbocycles. The monoisotopic (exact) mass is 369 g/mol. The molecule has 0 saturated heterocycles. The first-order valence-corrected chi connectivity index (χ1v) is 9.38. The van der Waals surface area contributed by atoms with Crippen LogP contribution in [0.1, 0.15) is 47.2 Å². The Morgan fingerprint density at radius 2 is 2.07 bits per heavy atom. The molecule has 1 amide bonds. The van der Waals surface area contributed by atoms with Gasteiger partial charge in [0.05, 0.1) is 5.56 Å². The number of carbonyl (C=O) groups excluding carboxylic acids is 1. The number of hydrogen-bond donors (Lipinski definition) is 4. The fourth-order valence-corrected chi connectivity index (χ4v) is 3.81. The standard InChI is InChI=1S/C20H24FN5O/c1-11-8-13(6-7-14(11)21)24-19-18-12(10-23-20(18)27)9-17(26-19)25-16-5-3-2-4-15(16)22/h6-9,15-16H,2-5,10,22H2,1H3,(H,23,27)(H2,24,25,26)/t15-,16?/m0/s1. The Bertz CT molecular complexity index is 885. The number of benzene rings is 1. The fraction of sp³-hybridized carbons (Fsp3) is 0.400. The van der Waals surface area contributed by atoms with Gasteiger partial charge in [0.1, 0.15) is 17.5 Å². The van der Waals surface area contributed by atoms with Crippen LogP contribution in [0.5, 0.6) is 0 Å². The van der Waals surface area contributed by atoms with E-state index in [0.29, 0.717) is 35.0 Å². The summed E-state index contributed by atoms with van der Waals surface area (Å²) in [4.78, 5) is 16.9. The van der Waals surface area contributed by atoms with E-state index in [1.807, 2.05) is 6.07 Å². The minimum absolute atomic E-state index is 0.102. The number of aryl methyl sites for hydroxylation is 1. The summed E-state index contributed by atoms with van der Waals surface area (Å²) < 4.78 is 13.6. The van der Waals surface area contributed by atoms with Crippen molar-refractivity contribution in [3.63, 3.8) is 0 Å². The number of pyridine rings is 1. The lowest BCUT2D eigenvalue weighted by Crippen LogP contribution is -2.42. The largest absolute Gasteiger partial charge is 0.366 e. The number of halogens is 1. The molecule has 2 heterocycles. The lowest BCUT2D eigenvalue weighted by atomic mass is 9.91. The van der Waals surface area contributed by atoms with E-state index in [0.717, 1.165) is 31.2 Å². The highest BCUT2D eigenvalue weighted by atomic mass is 19.1. The quantitative estimate of drug-likeness (QED) is 0.664. The number of anilines is 3. The van der Waals surface area contributed by atoms with Crippen LogP contribution in [0.4, 0.5) is 21.7 Å². The third-order valence-electron chi connectivity index (χ3n) is 5.34. The molecule has 7 heteroatoms. The smallest absolute Gasteiger partial charge is 0.255 e. The molecule has 2 aliphatic rings. The highest BCUT2D eigenvalue weighted by Gasteiger charge is 2.27. The second-order valence-corrected chi connectivity index (χ2v) is 7.36. The van der Waals surface area contributed by atoms with Crippen molar-refractivity contribution in [3.05, 3.63) is 46.8 Å². The Morgan fingerprint density at radius 3 is 2.85 bits per heavy atom. The van der Waals surface area contributed by atoms with Crippen LogP contribution in [-0.2, 0) is 6.54 Å². The van der Waals surface area contributed by atoms with Gasteiger partial charge in [0.2, 0.25) is 0 Å². The van der Waals surface area contributed by atoms with Crippen molar-refractivity contribution in [1.29, 1.82) is 0 Å². The summed E-state index contributed by atoms with van der Waals surface area (Å²) in [6.07, 6.45) is 4.32. The van der Waals surface area contributed by atoms with Gasteiger partial charge < -0.3 is 21.7 Å². The number of amides is 1. The Balaban J connectivity index is 1.65. The number of nitrogens with zero attached hydrogens (tertiary/aromatic N) is 1. The topological polar surface area (TPSA) is 92.1 Å². The normalized spacial score (nSPS) is 21.5. The van der Waals surface area contributed by atoms with Crippen LogP contribution < -0.4 is 21.7 Å². The zero-order valence-corrected chi connectivity index (χ0v) is 15.3. The van der Waals surface area contributed by atoms with E-state index >= 15 is 0 Å². The molecule has 1 aromatic heterocycles. The number of nitrogens with one attached hydrogen (secondary N) is 3. The molecule has 1 aliphatic heterocycles. The van der Waals surface area contributed by atoms with Crippen molar-refractivity contribution >= 4 is 23.2 Å². The van der Waals surface area contributed by atoms with E-state index in [4.69, 9.17) is 5.73 Å². The summed E-state index contributed by atoms with van der Waals surface area (Å²) in [5, 5.41) is 9.47. The first-order chi connectivity index (χ1) is 13.0. The Morgan fingerprint density at radius 1 is 1.26 bits per heavy atom. The minimum Gasteiger partial charge on any atom is -0.366 e. The summed E-state index contributed by atoms with van der Waals surface area (Å²) in [7, 11) is 0. The lowest BCUT2D eigenvalue weighted by Gasteiger charge is -2.30. The van der Waals surface area contributed by atoms with Crippen LogP contribution in [0.25, 0.3) is 0 Å². The van der Waals surface area contributed by atoms with E-state index in [2.05, 4.69) is 20.9 Å². The zero-order chi connectivity index (χ0) is 19.0. The number of nitrogens with two attached hydrogens (primary N) is 1. The van der Waals surface area contributed by atoms with Crippen molar-refractivity contribution in [1.82, 2.24) is 10.3 Å². The van der Waals surface area contributed by atoms with Gasteiger partial charge >= 0.3 is 0 Å². The van der Waals surface area contributed by atoms with Crippen LogP contribution in [-0.4, -0.2) is 23.0 Å². The molecule has 6 nitrogen and oxygen atoms in total. The summed E-state index contributed by atoms with van der Waals surface area (Å²) >= 11 is 0. The van der Waals surface area contributed by atoms with Gasteiger partial charge in [0, 0.05) is 24.3 Å². The second kappa shape index (κ2) is 7.15. The van der Waals surface area contributed by atoms with Crippen LogP contribution in [0, 0.1) is 12.7 Å². The van der Waals surface area contributed by atoms with Crippen molar-refractivity contribution in [2.75, 3.05) is 10.6 Å².